The van der Waals surface area contributed by atoms with E-state index in [1.54, 1.807) is 0 Å². The van der Waals surface area contributed by atoms with Crippen LogP contribution in [0, 0.1) is 12.8 Å². The van der Waals surface area contributed by atoms with E-state index in [0.717, 1.165) is 30.3 Å². The molecule has 3 rings (SSSR count). The first-order valence-electron chi connectivity index (χ1n) is 7.39. The summed E-state index contributed by atoms with van der Waals surface area (Å²) in [5, 5.41) is 3.64. The van der Waals surface area contributed by atoms with Gasteiger partial charge >= 0.3 is 0 Å². The molecule has 3 nitrogen and oxygen atoms in total. The van der Waals surface area contributed by atoms with Crippen LogP contribution in [0.1, 0.15) is 32.0 Å². The first-order chi connectivity index (χ1) is 9.24. The number of hydrogen-bond acceptors (Lipinski definition) is 2. The van der Waals surface area contributed by atoms with Crippen molar-refractivity contribution >= 4 is 11.0 Å². The molecule has 102 valence electrons. The van der Waals surface area contributed by atoms with Crippen molar-refractivity contribution in [1.29, 1.82) is 0 Å². The molecule has 0 radical (unpaired) electrons. The minimum Gasteiger partial charge on any atom is -0.327 e. The largest absolute Gasteiger partial charge is 0.327 e. The van der Waals surface area contributed by atoms with E-state index in [2.05, 4.69) is 53.0 Å². The van der Waals surface area contributed by atoms with Crippen LogP contribution in [0.4, 0.5) is 0 Å². The Bertz CT molecular complexity index is 554. The second-order valence-corrected chi connectivity index (χ2v) is 5.83. The van der Waals surface area contributed by atoms with E-state index in [9.17, 15) is 0 Å². The molecule has 2 aromatic rings. The van der Waals surface area contributed by atoms with E-state index in [1.165, 1.54) is 24.8 Å². The average Bonchev–Trinajstić information content (AvgIpc) is 3.14. The van der Waals surface area contributed by atoms with Gasteiger partial charge in [-0.3, -0.25) is 0 Å². The molecule has 0 amide bonds. The van der Waals surface area contributed by atoms with Crippen molar-refractivity contribution in [3.63, 3.8) is 0 Å². The molecular formula is C16H23N3. The van der Waals surface area contributed by atoms with E-state index in [-0.39, 0.29) is 0 Å². The maximum absolute atomic E-state index is 4.60. The van der Waals surface area contributed by atoms with Crippen LogP contribution in [0.25, 0.3) is 11.0 Å². The molecule has 19 heavy (non-hydrogen) atoms. The van der Waals surface area contributed by atoms with Gasteiger partial charge in [-0.25, -0.2) is 4.98 Å². The fraction of sp³-hybridized carbons (Fsp3) is 0.562. The van der Waals surface area contributed by atoms with Crippen LogP contribution < -0.4 is 5.32 Å². The third-order valence-electron chi connectivity index (χ3n) is 4.06. The maximum Gasteiger partial charge on any atom is 0.106 e. The lowest BCUT2D eigenvalue weighted by atomic mass is 10.1. The third kappa shape index (κ3) is 2.98. The van der Waals surface area contributed by atoms with Gasteiger partial charge in [-0.1, -0.05) is 25.0 Å². The molecule has 1 fully saturated rings. The number of aromatic nitrogens is 2. The third-order valence-corrected chi connectivity index (χ3v) is 4.06. The molecule has 1 saturated carbocycles. The van der Waals surface area contributed by atoms with Crippen molar-refractivity contribution in [2.45, 2.75) is 45.7 Å². The summed E-state index contributed by atoms with van der Waals surface area (Å²) >= 11 is 0. The van der Waals surface area contributed by atoms with Crippen molar-refractivity contribution in [2.75, 3.05) is 6.54 Å². The van der Waals surface area contributed by atoms with Crippen molar-refractivity contribution in [3.8, 4) is 0 Å². The lowest BCUT2D eigenvalue weighted by molar-refractivity contribution is 0.470. The number of rotatable bonds is 6. The molecule has 1 aliphatic rings. The second kappa shape index (κ2) is 5.33. The Labute approximate surface area is 115 Å². The van der Waals surface area contributed by atoms with E-state index in [0.29, 0.717) is 6.04 Å². The Morgan fingerprint density at radius 1 is 1.37 bits per heavy atom. The van der Waals surface area contributed by atoms with E-state index < -0.39 is 0 Å². The lowest BCUT2D eigenvalue weighted by Crippen LogP contribution is -2.29. The Hall–Kier alpha value is -1.35. The summed E-state index contributed by atoms with van der Waals surface area (Å²) < 4.78 is 2.31. The minimum absolute atomic E-state index is 0.641. The first kappa shape index (κ1) is 12.7. The first-order valence-corrected chi connectivity index (χ1v) is 7.39. The highest BCUT2D eigenvalue weighted by Gasteiger charge is 2.23. The van der Waals surface area contributed by atoms with Gasteiger partial charge in [0.1, 0.15) is 5.82 Å². The molecule has 0 spiro atoms. The fourth-order valence-corrected chi connectivity index (χ4v) is 2.84. The number of fused-ring (bicyclic) bond motifs is 1. The molecule has 0 bridgehead atoms. The van der Waals surface area contributed by atoms with Gasteiger partial charge in [0, 0.05) is 19.1 Å². The number of nitrogens with one attached hydrogen (secondary N) is 1. The summed E-state index contributed by atoms with van der Waals surface area (Å²) in [7, 11) is 0. The lowest BCUT2D eigenvalue weighted by Gasteiger charge is -2.14. The summed E-state index contributed by atoms with van der Waals surface area (Å²) in [5.74, 6) is 2.11. The predicted octanol–water partition coefficient (Wildman–Crippen LogP) is 3.12. The summed E-state index contributed by atoms with van der Waals surface area (Å²) in [6, 6.07) is 9.02. The zero-order valence-electron chi connectivity index (χ0n) is 11.9. The van der Waals surface area contributed by atoms with Gasteiger partial charge in [-0.2, -0.15) is 0 Å². The van der Waals surface area contributed by atoms with Gasteiger partial charge in [0.05, 0.1) is 11.0 Å². The topological polar surface area (TPSA) is 29.9 Å². The molecule has 1 unspecified atom stereocenters. The van der Waals surface area contributed by atoms with Crippen LogP contribution in [-0.2, 0) is 6.54 Å². The standard InChI is InChI=1S/C16H23N3/c1-12(11-14-7-8-14)17-9-10-19-13(2)18-15-5-3-4-6-16(15)19/h3-6,12,14,17H,7-11H2,1-2H3. The Morgan fingerprint density at radius 3 is 2.95 bits per heavy atom. The van der Waals surface area contributed by atoms with Crippen molar-refractivity contribution in [1.82, 2.24) is 14.9 Å². The van der Waals surface area contributed by atoms with Crippen LogP contribution >= 0.6 is 0 Å². The van der Waals surface area contributed by atoms with Crippen LogP contribution in [0.5, 0.6) is 0 Å². The SMILES string of the molecule is Cc1nc2ccccc2n1CCNC(C)CC1CC1. The van der Waals surface area contributed by atoms with Crippen LogP contribution in [-0.4, -0.2) is 22.1 Å². The smallest absolute Gasteiger partial charge is 0.106 e. The molecule has 1 aliphatic carbocycles. The normalized spacial score (nSPS) is 16.9. The number of aryl methyl sites for hydroxylation is 1. The van der Waals surface area contributed by atoms with Gasteiger partial charge in [0.25, 0.3) is 0 Å². The van der Waals surface area contributed by atoms with Gasteiger partial charge in [-0.05, 0) is 38.3 Å². The molecular weight excluding hydrogens is 234 g/mol. The molecule has 1 aromatic carbocycles. The summed E-state index contributed by atoms with van der Waals surface area (Å²) in [5.41, 5.74) is 2.35. The Kier molecular flexibility index (Phi) is 3.56. The van der Waals surface area contributed by atoms with Gasteiger partial charge in [0.2, 0.25) is 0 Å². The van der Waals surface area contributed by atoms with Crippen LogP contribution in [0.15, 0.2) is 24.3 Å². The van der Waals surface area contributed by atoms with E-state index >= 15 is 0 Å². The highest BCUT2D eigenvalue weighted by atomic mass is 15.1. The van der Waals surface area contributed by atoms with E-state index in [4.69, 9.17) is 0 Å². The molecule has 1 N–H and O–H groups in total. The van der Waals surface area contributed by atoms with Gasteiger partial charge < -0.3 is 9.88 Å². The number of para-hydroxylation sites is 2. The predicted molar refractivity (Wildman–Crippen MR) is 79.3 cm³/mol. The van der Waals surface area contributed by atoms with Crippen LogP contribution in [0.3, 0.4) is 0 Å². The zero-order chi connectivity index (χ0) is 13.2. The van der Waals surface area contributed by atoms with Crippen LogP contribution in [0.2, 0.25) is 0 Å². The Morgan fingerprint density at radius 2 is 2.16 bits per heavy atom. The molecule has 1 aromatic heterocycles. The monoisotopic (exact) mass is 257 g/mol. The Balaban J connectivity index is 1.59. The highest BCUT2D eigenvalue weighted by molar-refractivity contribution is 5.75. The number of imidazole rings is 1. The van der Waals surface area contributed by atoms with Crippen molar-refractivity contribution in [2.24, 2.45) is 5.92 Å². The second-order valence-electron chi connectivity index (χ2n) is 5.83. The summed E-state index contributed by atoms with van der Waals surface area (Å²) in [4.78, 5) is 4.60. The quantitative estimate of drug-likeness (QED) is 0.861. The molecule has 0 saturated heterocycles. The number of hydrogen-bond donors (Lipinski definition) is 1. The number of benzene rings is 1. The molecule has 0 aliphatic heterocycles. The van der Waals surface area contributed by atoms with E-state index in [1.807, 2.05) is 0 Å². The molecule has 1 atom stereocenters. The minimum atomic E-state index is 0.641. The summed E-state index contributed by atoms with van der Waals surface area (Å²) in [6.45, 7) is 6.42. The maximum atomic E-state index is 4.60. The molecule has 1 heterocycles. The van der Waals surface area contributed by atoms with Gasteiger partial charge in [-0.15, -0.1) is 0 Å². The van der Waals surface area contributed by atoms with Gasteiger partial charge in [0.15, 0.2) is 0 Å². The summed E-state index contributed by atoms with van der Waals surface area (Å²) in [6.07, 6.45) is 4.22. The zero-order valence-corrected chi connectivity index (χ0v) is 11.9. The fourth-order valence-electron chi connectivity index (χ4n) is 2.84. The average molecular weight is 257 g/mol. The highest BCUT2D eigenvalue weighted by Crippen LogP contribution is 2.33. The number of nitrogens with zero attached hydrogens (tertiary/aromatic N) is 2. The van der Waals surface area contributed by atoms with Crippen molar-refractivity contribution < 1.29 is 0 Å². The molecule has 3 heteroatoms. The van der Waals surface area contributed by atoms with Crippen molar-refractivity contribution in [3.05, 3.63) is 30.1 Å².